The summed E-state index contributed by atoms with van der Waals surface area (Å²) in [4.78, 5) is 30.3. The first-order valence-corrected chi connectivity index (χ1v) is 12.7. The highest BCUT2D eigenvalue weighted by atomic mass is 32.1. The topological polar surface area (TPSA) is 58.6 Å². The number of carbonyl (C=O) groups excluding carboxylic acids is 2. The quantitative estimate of drug-likeness (QED) is 0.448. The second-order valence-electron chi connectivity index (χ2n) is 8.84. The second-order valence-corrected chi connectivity index (χ2v) is 9.87. The third-order valence-electron chi connectivity index (χ3n) is 6.50. The van der Waals surface area contributed by atoms with Gasteiger partial charge in [-0.25, -0.2) is 0 Å². The van der Waals surface area contributed by atoms with Crippen molar-refractivity contribution in [1.29, 1.82) is 0 Å². The number of nitrogens with zero attached hydrogens (tertiary/aromatic N) is 1. The summed E-state index contributed by atoms with van der Waals surface area (Å²) in [5.41, 5.74) is 2.72. The fraction of sp³-hybridized carbons (Fsp3) is 0.357. The average Bonchev–Trinajstić information content (AvgIpc) is 3.54. The van der Waals surface area contributed by atoms with Gasteiger partial charge in [-0.3, -0.25) is 9.59 Å². The first-order valence-electron chi connectivity index (χ1n) is 11.9. The fourth-order valence-electron chi connectivity index (χ4n) is 4.70. The van der Waals surface area contributed by atoms with Crippen LogP contribution in [0.1, 0.15) is 53.3 Å². The van der Waals surface area contributed by atoms with E-state index in [-0.39, 0.29) is 30.8 Å². The van der Waals surface area contributed by atoms with Gasteiger partial charge in [-0.1, -0.05) is 61.4 Å². The van der Waals surface area contributed by atoms with Gasteiger partial charge in [0.25, 0.3) is 0 Å². The molecule has 1 atom stereocenters. The highest BCUT2D eigenvalue weighted by Crippen LogP contribution is 2.31. The molecule has 3 aromatic rings. The number of aryl methyl sites for hydroxylation is 1. The van der Waals surface area contributed by atoms with E-state index in [4.69, 9.17) is 4.74 Å². The number of benzene rings is 2. The number of para-hydroxylation sites is 1. The molecule has 1 aliphatic rings. The zero-order valence-corrected chi connectivity index (χ0v) is 20.6. The molecule has 0 unspecified atom stereocenters. The van der Waals surface area contributed by atoms with E-state index in [1.54, 1.807) is 23.3 Å². The van der Waals surface area contributed by atoms with E-state index in [1.807, 2.05) is 73.0 Å². The minimum absolute atomic E-state index is 0.0804. The molecule has 2 aromatic carbocycles. The van der Waals surface area contributed by atoms with Crippen molar-refractivity contribution in [1.82, 2.24) is 10.2 Å². The fourth-order valence-corrected chi connectivity index (χ4v) is 5.39. The Morgan fingerprint density at radius 3 is 2.50 bits per heavy atom. The number of hydrogen-bond donors (Lipinski definition) is 1. The molecule has 34 heavy (non-hydrogen) atoms. The Morgan fingerprint density at radius 2 is 1.79 bits per heavy atom. The molecule has 0 spiro atoms. The van der Waals surface area contributed by atoms with Gasteiger partial charge in [0.05, 0.1) is 20.1 Å². The molecule has 4 rings (SSSR count). The molecule has 2 amide bonds. The third-order valence-corrected chi connectivity index (χ3v) is 7.38. The first kappa shape index (κ1) is 24.0. The Labute approximate surface area is 205 Å². The van der Waals surface area contributed by atoms with E-state index in [0.717, 1.165) is 47.3 Å². The van der Waals surface area contributed by atoms with Crippen molar-refractivity contribution in [3.63, 3.8) is 0 Å². The lowest BCUT2D eigenvalue weighted by molar-refractivity contribution is -0.141. The maximum Gasteiger partial charge on any atom is 0.247 e. The van der Waals surface area contributed by atoms with Crippen LogP contribution in [0.3, 0.4) is 0 Å². The van der Waals surface area contributed by atoms with Crippen LogP contribution in [-0.2, 0) is 22.6 Å². The Balaban J connectivity index is 1.74. The van der Waals surface area contributed by atoms with Gasteiger partial charge in [0.15, 0.2) is 0 Å². The van der Waals surface area contributed by atoms with Crippen LogP contribution >= 0.6 is 11.3 Å². The second kappa shape index (κ2) is 11.3. The summed E-state index contributed by atoms with van der Waals surface area (Å²) in [6, 6.07) is 18.9. The standard InChI is InChI=1S/C28H32N2O3S/c1-20-10-3-7-15-24(20)27(28(32)29-22-12-5-6-13-22)30(26(31)18-23-14-9-17-34-23)19-21-11-4-8-16-25(21)33-2/h3-4,7-11,14-17,22,27H,5-6,12-13,18-19H2,1-2H3,(H,29,32)/t27-/m0/s1. The van der Waals surface area contributed by atoms with Gasteiger partial charge in [-0.05, 0) is 48.4 Å². The summed E-state index contributed by atoms with van der Waals surface area (Å²) < 4.78 is 5.57. The molecule has 5 nitrogen and oxygen atoms in total. The Hall–Kier alpha value is -3.12. The molecule has 1 aliphatic carbocycles. The number of nitrogens with one attached hydrogen (secondary N) is 1. The van der Waals surface area contributed by atoms with E-state index >= 15 is 0 Å². The summed E-state index contributed by atoms with van der Waals surface area (Å²) in [7, 11) is 1.63. The van der Waals surface area contributed by atoms with Crippen molar-refractivity contribution in [2.75, 3.05) is 7.11 Å². The molecule has 0 bridgehead atoms. The van der Waals surface area contributed by atoms with Crippen LogP contribution in [0.4, 0.5) is 0 Å². The number of amides is 2. The summed E-state index contributed by atoms with van der Waals surface area (Å²) in [5.74, 6) is 0.509. The van der Waals surface area contributed by atoms with E-state index in [9.17, 15) is 9.59 Å². The van der Waals surface area contributed by atoms with Gasteiger partial charge < -0.3 is 15.0 Å². The average molecular weight is 477 g/mol. The summed E-state index contributed by atoms with van der Waals surface area (Å²) in [5, 5.41) is 5.22. The Kier molecular flexibility index (Phi) is 8.01. The van der Waals surface area contributed by atoms with Crippen LogP contribution in [0.15, 0.2) is 66.0 Å². The Bertz CT molecular complexity index is 1110. The predicted octanol–water partition coefficient (Wildman–Crippen LogP) is 5.44. The first-order chi connectivity index (χ1) is 16.6. The number of carbonyl (C=O) groups is 2. The van der Waals surface area contributed by atoms with Crippen LogP contribution in [0.2, 0.25) is 0 Å². The van der Waals surface area contributed by atoms with Crippen LogP contribution in [0.25, 0.3) is 0 Å². The number of methoxy groups -OCH3 is 1. The molecule has 0 radical (unpaired) electrons. The Morgan fingerprint density at radius 1 is 1.06 bits per heavy atom. The van der Waals surface area contributed by atoms with Crippen LogP contribution < -0.4 is 10.1 Å². The lowest BCUT2D eigenvalue weighted by Crippen LogP contribution is -2.46. The van der Waals surface area contributed by atoms with Gasteiger partial charge in [-0.2, -0.15) is 0 Å². The van der Waals surface area contributed by atoms with E-state index < -0.39 is 6.04 Å². The van der Waals surface area contributed by atoms with Crippen molar-refractivity contribution >= 4 is 23.2 Å². The minimum atomic E-state index is -0.723. The smallest absolute Gasteiger partial charge is 0.247 e. The number of ether oxygens (including phenoxy) is 1. The van der Waals surface area contributed by atoms with Crippen molar-refractivity contribution in [3.8, 4) is 5.75 Å². The molecular weight excluding hydrogens is 444 g/mol. The maximum atomic E-state index is 13.8. The van der Waals surface area contributed by atoms with Gasteiger partial charge in [0.1, 0.15) is 11.8 Å². The van der Waals surface area contributed by atoms with Crippen LogP contribution in [0, 0.1) is 6.92 Å². The third kappa shape index (κ3) is 5.68. The number of hydrogen-bond acceptors (Lipinski definition) is 4. The lowest BCUT2D eigenvalue weighted by Gasteiger charge is -2.33. The summed E-state index contributed by atoms with van der Waals surface area (Å²) in [6.45, 7) is 2.28. The monoisotopic (exact) mass is 476 g/mol. The van der Waals surface area contributed by atoms with Crippen LogP contribution in [0.5, 0.6) is 5.75 Å². The number of thiophene rings is 1. The summed E-state index contributed by atoms with van der Waals surface area (Å²) >= 11 is 1.56. The van der Waals surface area contributed by atoms with Gasteiger partial charge in [-0.15, -0.1) is 11.3 Å². The van der Waals surface area contributed by atoms with E-state index in [0.29, 0.717) is 5.75 Å². The molecule has 1 N–H and O–H groups in total. The predicted molar refractivity (Wildman–Crippen MR) is 136 cm³/mol. The van der Waals surface area contributed by atoms with Crippen molar-refractivity contribution in [2.24, 2.45) is 0 Å². The maximum absolute atomic E-state index is 13.8. The summed E-state index contributed by atoms with van der Waals surface area (Å²) in [6.07, 6.45) is 4.49. The van der Waals surface area contributed by atoms with Gasteiger partial charge in [0, 0.05) is 16.5 Å². The molecule has 0 saturated heterocycles. The molecule has 6 heteroatoms. The SMILES string of the molecule is COc1ccccc1CN(C(=O)Cc1cccs1)[C@H](C(=O)NC1CCCC1)c1ccccc1C. The molecule has 1 saturated carbocycles. The number of rotatable bonds is 9. The normalized spacial score (nSPS) is 14.5. The highest BCUT2D eigenvalue weighted by molar-refractivity contribution is 7.10. The highest BCUT2D eigenvalue weighted by Gasteiger charge is 2.34. The molecule has 0 aliphatic heterocycles. The minimum Gasteiger partial charge on any atom is -0.496 e. The largest absolute Gasteiger partial charge is 0.496 e. The zero-order chi connectivity index (χ0) is 23.9. The molecule has 1 aromatic heterocycles. The lowest BCUT2D eigenvalue weighted by atomic mass is 9.97. The van der Waals surface area contributed by atoms with Crippen molar-refractivity contribution in [3.05, 3.63) is 87.6 Å². The van der Waals surface area contributed by atoms with Crippen molar-refractivity contribution in [2.45, 2.75) is 57.7 Å². The van der Waals surface area contributed by atoms with E-state index in [2.05, 4.69) is 5.32 Å². The molecule has 1 fully saturated rings. The molecular formula is C28H32N2O3S. The van der Waals surface area contributed by atoms with Crippen molar-refractivity contribution < 1.29 is 14.3 Å². The molecule has 178 valence electrons. The molecule has 1 heterocycles. The van der Waals surface area contributed by atoms with Gasteiger partial charge in [0.2, 0.25) is 11.8 Å². The van der Waals surface area contributed by atoms with E-state index in [1.165, 1.54) is 0 Å². The van der Waals surface area contributed by atoms with Crippen LogP contribution in [-0.4, -0.2) is 29.9 Å². The van der Waals surface area contributed by atoms with Gasteiger partial charge >= 0.3 is 0 Å². The zero-order valence-electron chi connectivity index (χ0n) is 19.8.